The van der Waals surface area contributed by atoms with E-state index in [-0.39, 0.29) is 0 Å². The van der Waals surface area contributed by atoms with Gasteiger partial charge in [-0.25, -0.2) is 9.97 Å². The zero-order chi connectivity index (χ0) is 11.5. The molecule has 16 heavy (non-hydrogen) atoms. The number of nitrogens with one attached hydrogen (secondary N) is 1. The smallest absolute Gasteiger partial charge is 0.143 e. The summed E-state index contributed by atoms with van der Waals surface area (Å²) in [5.41, 5.74) is 1.36. The van der Waals surface area contributed by atoms with E-state index in [9.17, 15) is 0 Å². The van der Waals surface area contributed by atoms with E-state index in [0.29, 0.717) is 0 Å². The van der Waals surface area contributed by atoms with E-state index in [4.69, 9.17) is 0 Å². The summed E-state index contributed by atoms with van der Waals surface area (Å²) in [6, 6.07) is 2.22. The summed E-state index contributed by atoms with van der Waals surface area (Å²) in [6.07, 6.45) is 3.37. The second-order valence-corrected chi connectivity index (χ2v) is 6.03. The molecule has 0 spiro atoms. The van der Waals surface area contributed by atoms with Crippen LogP contribution < -0.4 is 5.32 Å². The Morgan fingerprint density at radius 1 is 1.44 bits per heavy atom. The van der Waals surface area contributed by atoms with Gasteiger partial charge in [0, 0.05) is 16.0 Å². The Morgan fingerprint density at radius 3 is 2.88 bits per heavy atom. The third kappa shape index (κ3) is 2.70. The van der Waals surface area contributed by atoms with Gasteiger partial charge in [0.15, 0.2) is 0 Å². The number of anilines is 1. The monoisotopic (exact) mass is 345 g/mol. The zero-order valence-electron chi connectivity index (χ0n) is 9.12. The van der Waals surface area contributed by atoms with Crippen molar-refractivity contribution in [3.8, 4) is 0 Å². The van der Waals surface area contributed by atoms with Gasteiger partial charge >= 0.3 is 0 Å². The molecule has 3 nitrogen and oxygen atoms in total. The highest BCUT2D eigenvalue weighted by Gasteiger charge is 2.03. The van der Waals surface area contributed by atoms with Crippen molar-refractivity contribution in [2.24, 2.45) is 0 Å². The maximum absolute atomic E-state index is 4.20. The molecule has 0 aliphatic rings. The summed E-state index contributed by atoms with van der Waals surface area (Å²) in [7, 11) is 0. The van der Waals surface area contributed by atoms with Crippen molar-refractivity contribution in [2.75, 3.05) is 5.32 Å². The molecule has 0 saturated heterocycles. The number of nitrogens with zero attached hydrogens (tertiary/aromatic N) is 2. The summed E-state index contributed by atoms with van der Waals surface area (Å²) in [6.45, 7) is 5.12. The fourth-order valence-electron chi connectivity index (χ4n) is 1.35. The topological polar surface area (TPSA) is 37.8 Å². The van der Waals surface area contributed by atoms with E-state index in [1.807, 2.05) is 11.3 Å². The Labute approximate surface area is 112 Å². The molecule has 0 aliphatic carbocycles. The van der Waals surface area contributed by atoms with E-state index < -0.39 is 0 Å². The van der Waals surface area contributed by atoms with E-state index in [1.165, 1.54) is 15.3 Å². The summed E-state index contributed by atoms with van der Waals surface area (Å²) in [4.78, 5) is 10.9. The fourth-order valence-corrected chi connectivity index (χ4v) is 2.83. The van der Waals surface area contributed by atoms with Crippen LogP contribution >= 0.6 is 33.9 Å². The van der Waals surface area contributed by atoms with Crippen LogP contribution in [0.25, 0.3) is 0 Å². The highest BCUT2D eigenvalue weighted by Crippen LogP contribution is 2.22. The molecule has 5 heteroatoms. The summed E-state index contributed by atoms with van der Waals surface area (Å²) in [5.74, 6) is 0.902. The van der Waals surface area contributed by atoms with Crippen molar-refractivity contribution >= 4 is 39.7 Å². The first-order valence-electron chi connectivity index (χ1n) is 4.92. The highest BCUT2D eigenvalue weighted by atomic mass is 127. The molecule has 84 valence electrons. The summed E-state index contributed by atoms with van der Waals surface area (Å²) >= 11 is 4.06. The first-order valence-corrected chi connectivity index (χ1v) is 6.81. The van der Waals surface area contributed by atoms with Crippen LogP contribution in [0, 0.1) is 17.4 Å². The zero-order valence-corrected chi connectivity index (χ0v) is 12.1. The molecule has 2 aromatic rings. The van der Waals surface area contributed by atoms with Crippen LogP contribution in [0.5, 0.6) is 0 Å². The van der Waals surface area contributed by atoms with Crippen LogP contribution in [-0.2, 0) is 6.54 Å². The third-order valence-corrected chi connectivity index (χ3v) is 4.26. The third-order valence-electron chi connectivity index (χ3n) is 2.31. The van der Waals surface area contributed by atoms with Crippen molar-refractivity contribution in [2.45, 2.75) is 20.4 Å². The highest BCUT2D eigenvalue weighted by molar-refractivity contribution is 14.1. The lowest BCUT2D eigenvalue weighted by molar-refractivity contribution is 1.08. The van der Waals surface area contributed by atoms with Crippen molar-refractivity contribution in [3.05, 3.63) is 37.5 Å². The standard InChI is InChI=1S/C11H12IN3S/c1-7-3-9(16-8(7)2)4-14-11-10(12)5-13-6-15-11/h3,5-6H,4H2,1-2H3,(H,13,14,15). The normalized spacial score (nSPS) is 10.4. The fraction of sp³-hybridized carbons (Fsp3) is 0.273. The molecule has 0 bridgehead atoms. The number of thiophene rings is 1. The SMILES string of the molecule is Cc1cc(CNc2ncncc2I)sc1C. The molecule has 2 rings (SSSR count). The molecule has 0 amide bonds. The Kier molecular flexibility index (Phi) is 3.75. The number of rotatable bonds is 3. The van der Waals surface area contributed by atoms with Gasteiger partial charge in [-0.3, -0.25) is 0 Å². The maximum Gasteiger partial charge on any atom is 0.143 e. The molecular weight excluding hydrogens is 333 g/mol. The molecule has 0 aliphatic heterocycles. The number of hydrogen-bond acceptors (Lipinski definition) is 4. The minimum atomic E-state index is 0.826. The number of halogens is 1. The van der Waals surface area contributed by atoms with Crippen molar-refractivity contribution in [3.63, 3.8) is 0 Å². The number of hydrogen-bond donors (Lipinski definition) is 1. The van der Waals surface area contributed by atoms with Crippen molar-refractivity contribution < 1.29 is 0 Å². The Hall–Kier alpha value is -0.690. The number of aromatic nitrogens is 2. The second kappa shape index (κ2) is 5.09. The van der Waals surface area contributed by atoms with Crippen LogP contribution in [0.2, 0.25) is 0 Å². The molecule has 2 aromatic heterocycles. The molecule has 0 saturated carbocycles. The second-order valence-electron chi connectivity index (χ2n) is 3.52. The average Bonchev–Trinajstić information content (AvgIpc) is 2.57. The van der Waals surface area contributed by atoms with Crippen LogP contribution in [0.3, 0.4) is 0 Å². The first kappa shape index (κ1) is 11.8. The van der Waals surface area contributed by atoms with Crippen LogP contribution in [-0.4, -0.2) is 9.97 Å². The summed E-state index contributed by atoms with van der Waals surface area (Å²) in [5, 5.41) is 3.32. The van der Waals surface area contributed by atoms with Gasteiger partial charge < -0.3 is 5.32 Å². The van der Waals surface area contributed by atoms with Gasteiger partial charge in [0.1, 0.15) is 12.1 Å². The molecule has 0 unspecified atom stereocenters. The van der Waals surface area contributed by atoms with E-state index >= 15 is 0 Å². The molecular formula is C11H12IN3S. The quantitative estimate of drug-likeness (QED) is 0.867. The Bertz CT molecular complexity index is 476. The first-order chi connectivity index (χ1) is 7.66. The lowest BCUT2D eigenvalue weighted by atomic mass is 10.3. The Morgan fingerprint density at radius 2 is 2.25 bits per heavy atom. The van der Waals surface area contributed by atoms with Crippen LogP contribution in [0.4, 0.5) is 5.82 Å². The van der Waals surface area contributed by atoms with Crippen molar-refractivity contribution in [1.82, 2.24) is 9.97 Å². The minimum absolute atomic E-state index is 0.826. The lowest BCUT2D eigenvalue weighted by Crippen LogP contribution is -2.01. The minimum Gasteiger partial charge on any atom is -0.364 e. The van der Waals surface area contributed by atoms with Gasteiger partial charge in [-0.05, 0) is 48.1 Å². The molecule has 1 N–H and O–H groups in total. The molecule has 0 radical (unpaired) electrons. The van der Waals surface area contributed by atoms with Gasteiger partial charge in [-0.2, -0.15) is 0 Å². The van der Waals surface area contributed by atoms with Gasteiger partial charge in [0.25, 0.3) is 0 Å². The van der Waals surface area contributed by atoms with E-state index in [0.717, 1.165) is 15.9 Å². The van der Waals surface area contributed by atoms with Gasteiger partial charge in [0.2, 0.25) is 0 Å². The molecule has 0 aromatic carbocycles. The van der Waals surface area contributed by atoms with Gasteiger partial charge in [-0.1, -0.05) is 0 Å². The Balaban J connectivity index is 2.05. The predicted octanol–water partition coefficient (Wildman–Crippen LogP) is 3.37. The molecule has 0 fully saturated rings. The van der Waals surface area contributed by atoms with Gasteiger partial charge in [-0.15, -0.1) is 11.3 Å². The average molecular weight is 345 g/mol. The summed E-state index contributed by atoms with van der Waals surface area (Å²) < 4.78 is 1.05. The van der Waals surface area contributed by atoms with Crippen LogP contribution in [0.15, 0.2) is 18.6 Å². The van der Waals surface area contributed by atoms with Gasteiger partial charge in [0.05, 0.1) is 10.1 Å². The van der Waals surface area contributed by atoms with E-state index in [2.05, 4.69) is 57.8 Å². The van der Waals surface area contributed by atoms with E-state index in [1.54, 1.807) is 12.5 Å². The maximum atomic E-state index is 4.20. The van der Waals surface area contributed by atoms with Crippen molar-refractivity contribution in [1.29, 1.82) is 0 Å². The predicted molar refractivity (Wildman–Crippen MR) is 75.9 cm³/mol. The lowest BCUT2D eigenvalue weighted by Gasteiger charge is -2.04. The number of aryl methyl sites for hydroxylation is 2. The largest absolute Gasteiger partial charge is 0.364 e. The van der Waals surface area contributed by atoms with Crippen LogP contribution in [0.1, 0.15) is 15.3 Å². The molecule has 0 atom stereocenters. The molecule has 2 heterocycles.